The van der Waals surface area contributed by atoms with Crippen molar-refractivity contribution in [3.8, 4) is 0 Å². The van der Waals surface area contributed by atoms with E-state index >= 15 is 0 Å². The SMILES string of the molecule is Cc1cc(CC(=O)C2C[C@@H]3CC[C@H]2C3)ccc1N1CCC(N2CCCC2C)C1. The van der Waals surface area contributed by atoms with Crippen LogP contribution >= 0.6 is 0 Å². The lowest BCUT2D eigenvalue weighted by molar-refractivity contribution is -0.123. The van der Waals surface area contributed by atoms with Crippen LogP contribution in [0.15, 0.2) is 18.2 Å². The van der Waals surface area contributed by atoms with E-state index in [1.807, 2.05) is 0 Å². The molecule has 4 aliphatic rings. The predicted octanol–water partition coefficient (Wildman–Crippen LogP) is 4.61. The first kappa shape index (κ1) is 18.7. The summed E-state index contributed by atoms with van der Waals surface area (Å²) in [4.78, 5) is 18.2. The summed E-state index contributed by atoms with van der Waals surface area (Å²) < 4.78 is 0. The van der Waals surface area contributed by atoms with E-state index in [0.29, 0.717) is 24.0 Å². The highest BCUT2D eigenvalue weighted by Gasteiger charge is 2.42. The molecule has 1 aromatic rings. The average molecular weight is 381 g/mol. The van der Waals surface area contributed by atoms with E-state index in [1.54, 1.807) is 0 Å². The standard InChI is InChI=1S/C25H36N2O/c1-17-12-19(15-25(28)23-14-20-5-7-21(23)13-20)6-8-24(17)26-11-9-22(16-26)27-10-3-4-18(27)2/h6,8,12,18,20-23H,3-5,7,9-11,13-16H2,1-2H3/t18?,20-,21+,22?,23?/m1/s1. The molecule has 3 nitrogen and oxygen atoms in total. The van der Waals surface area contributed by atoms with Gasteiger partial charge >= 0.3 is 0 Å². The minimum Gasteiger partial charge on any atom is -0.370 e. The summed E-state index contributed by atoms with van der Waals surface area (Å²) in [5.41, 5.74) is 3.94. The van der Waals surface area contributed by atoms with Crippen molar-refractivity contribution in [2.75, 3.05) is 24.5 Å². The van der Waals surface area contributed by atoms with E-state index < -0.39 is 0 Å². The van der Waals surface area contributed by atoms with Crippen molar-refractivity contribution in [2.24, 2.45) is 17.8 Å². The maximum Gasteiger partial charge on any atom is 0.140 e. The van der Waals surface area contributed by atoms with Gasteiger partial charge in [-0.2, -0.15) is 0 Å². The van der Waals surface area contributed by atoms with Gasteiger partial charge in [0, 0.05) is 43.2 Å². The molecule has 2 saturated heterocycles. The highest BCUT2D eigenvalue weighted by molar-refractivity contribution is 5.84. The first-order chi connectivity index (χ1) is 13.6. The summed E-state index contributed by atoms with van der Waals surface area (Å²) in [5.74, 6) is 2.42. The third-order valence-electron chi connectivity index (χ3n) is 8.37. The lowest BCUT2D eigenvalue weighted by Crippen LogP contribution is -2.39. The minimum absolute atomic E-state index is 0.362. The Morgan fingerprint density at radius 3 is 2.68 bits per heavy atom. The van der Waals surface area contributed by atoms with E-state index in [0.717, 1.165) is 31.1 Å². The molecule has 2 saturated carbocycles. The van der Waals surface area contributed by atoms with Crippen LogP contribution in [0, 0.1) is 24.7 Å². The maximum atomic E-state index is 12.9. The molecule has 5 rings (SSSR count). The molecular formula is C25H36N2O. The monoisotopic (exact) mass is 380 g/mol. The highest BCUT2D eigenvalue weighted by Crippen LogP contribution is 2.48. The van der Waals surface area contributed by atoms with Crippen LogP contribution in [0.5, 0.6) is 0 Å². The Kier molecular flexibility index (Phi) is 4.99. The molecule has 28 heavy (non-hydrogen) atoms. The van der Waals surface area contributed by atoms with Crippen molar-refractivity contribution < 1.29 is 4.79 Å². The molecule has 5 atom stereocenters. The normalized spacial score (nSPS) is 35.2. The van der Waals surface area contributed by atoms with Crippen LogP contribution < -0.4 is 4.90 Å². The van der Waals surface area contributed by atoms with Gasteiger partial charge in [-0.05, 0) is 87.9 Å². The molecule has 3 unspecified atom stereocenters. The number of Topliss-reactive ketones (excluding diaryl/α,β-unsaturated/α-hetero) is 1. The van der Waals surface area contributed by atoms with Crippen molar-refractivity contribution in [1.29, 1.82) is 0 Å². The third kappa shape index (κ3) is 3.40. The number of hydrogen-bond donors (Lipinski definition) is 0. The molecule has 2 aliphatic heterocycles. The van der Waals surface area contributed by atoms with Crippen molar-refractivity contribution in [3.63, 3.8) is 0 Å². The summed E-state index contributed by atoms with van der Waals surface area (Å²) in [6, 6.07) is 8.27. The zero-order valence-corrected chi connectivity index (χ0v) is 17.7. The largest absolute Gasteiger partial charge is 0.370 e. The molecule has 2 aliphatic carbocycles. The molecule has 0 N–H and O–H groups in total. The molecule has 2 heterocycles. The molecule has 3 heteroatoms. The average Bonchev–Trinajstić information content (AvgIpc) is 3.46. The molecule has 0 spiro atoms. The molecule has 0 radical (unpaired) electrons. The Bertz CT molecular complexity index is 744. The lowest BCUT2D eigenvalue weighted by Gasteiger charge is -2.29. The van der Waals surface area contributed by atoms with Gasteiger partial charge in [-0.25, -0.2) is 0 Å². The van der Waals surface area contributed by atoms with Crippen LogP contribution in [0.2, 0.25) is 0 Å². The van der Waals surface area contributed by atoms with Gasteiger partial charge in [0.25, 0.3) is 0 Å². The van der Waals surface area contributed by atoms with E-state index in [9.17, 15) is 4.79 Å². The number of hydrogen-bond acceptors (Lipinski definition) is 3. The van der Waals surface area contributed by atoms with Gasteiger partial charge in [-0.3, -0.25) is 9.69 Å². The van der Waals surface area contributed by atoms with Gasteiger partial charge in [-0.1, -0.05) is 18.6 Å². The van der Waals surface area contributed by atoms with Gasteiger partial charge in [0.2, 0.25) is 0 Å². The fourth-order valence-electron chi connectivity index (χ4n) is 6.88. The number of nitrogens with zero attached hydrogens (tertiary/aromatic N) is 2. The number of fused-ring (bicyclic) bond motifs is 2. The van der Waals surface area contributed by atoms with Crippen LogP contribution in [0.3, 0.4) is 0 Å². The molecule has 1 aromatic carbocycles. The fourth-order valence-corrected chi connectivity index (χ4v) is 6.88. The zero-order chi connectivity index (χ0) is 19.3. The quantitative estimate of drug-likeness (QED) is 0.745. The lowest BCUT2D eigenvalue weighted by atomic mass is 9.83. The number of aryl methyl sites for hydroxylation is 1. The minimum atomic E-state index is 0.362. The third-order valence-corrected chi connectivity index (χ3v) is 8.37. The Balaban J connectivity index is 1.22. The highest BCUT2D eigenvalue weighted by atomic mass is 16.1. The van der Waals surface area contributed by atoms with Crippen LogP contribution in [-0.4, -0.2) is 42.4 Å². The number of ketones is 1. The topological polar surface area (TPSA) is 23.6 Å². The molecule has 4 fully saturated rings. The maximum absolute atomic E-state index is 12.9. The first-order valence-electron chi connectivity index (χ1n) is 11.7. The van der Waals surface area contributed by atoms with Gasteiger partial charge in [0.1, 0.15) is 5.78 Å². The van der Waals surface area contributed by atoms with Crippen LogP contribution in [0.25, 0.3) is 0 Å². The van der Waals surface area contributed by atoms with Crippen LogP contribution in [-0.2, 0) is 11.2 Å². The van der Waals surface area contributed by atoms with Crippen molar-refractivity contribution >= 4 is 11.5 Å². The van der Waals surface area contributed by atoms with Crippen LogP contribution in [0.1, 0.15) is 63.0 Å². The summed E-state index contributed by atoms with van der Waals surface area (Å²) in [5, 5.41) is 0. The Labute approximate surface area is 170 Å². The molecule has 2 bridgehead atoms. The van der Waals surface area contributed by atoms with Crippen molar-refractivity contribution in [2.45, 2.75) is 77.3 Å². The second kappa shape index (κ2) is 7.48. The first-order valence-corrected chi connectivity index (χ1v) is 11.7. The van der Waals surface area contributed by atoms with E-state index in [2.05, 4.69) is 41.8 Å². The molecular weight excluding hydrogens is 344 g/mol. The van der Waals surface area contributed by atoms with E-state index in [-0.39, 0.29) is 0 Å². The summed E-state index contributed by atoms with van der Waals surface area (Å²) in [6.07, 6.45) is 9.81. The molecule has 152 valence electrons. The van der Waals surface area contributed by atoms with Gasteiger partial charge in [0.05, 0.1) is 0 Å². The number of rotatable bonds is 5. The van der Waals surface area contributed by atoms with Crippen LogP contribution in [0.4, 0.5) is 5.69 Å². The smallest absolute Gasteiger partial charge is 0.140 e. The van der Waals surface area contributed by atoms with Gasteiger partial charge in [0.15, 0.2) is 0 Å². The van der Waals surface area contributed by atoms with Gasteiger partial charge in [-0.15, -0.1) is 0 Å². The number of benzene rings is 1. The molecule has 0 amide bonds. The predicted molar refractivity (Wildman–Crippen MR) is 115 cm³/mol. The molecule has 0 aromatic heterocycles. The van der Waals surface area contributed by atoms with E-state index in [1.165, 1.54) is 68.3 Å². The number of likely N-dealkylation sites (tertiary alicyclic amines) is 1. The summed E-state index contributed by atoms with van der Waals surface area (Å²) in [7, 11) is 0. The Morgan fingerprint density at radius 2 is 2.00 bits per heavy atom. The summed E-state index contributed by atoms with van der Waals surface area (Å²) >= 11 is 0. The number of carbonyl (C=O) groups excluding carboxylic acids is 1. The second-order valence-electron chi connectivity index (χ2n) is 10.2. The van der Waals surface area contributed by atoms with Crippen molar-refractivity contribution in [1.82, 2.24) is 4.90 Å². The fraction of sp³-hybridized carbons (Fsp3) is 0.720. The zero-order valence-electron chi connectivity index (χ0n) is 17.7. The van der Waals surface area contributed by atoms with E-state index in [4.69, 9.17) is 0 Å². The number of anilines is 1. The van der Waals surface area contributed by atoms with Gasteiger partial charge < -0.3 is 4.90 Å². The second-order valence-corrected chi connectivity index (χ2v) is 10.2. The number of carbonyl (C=O) groups is 1. The summed E-state index contributed by atoms with van der Waals surface area (Å²) in [6.45, 7) is 8.23. The Hall–Kier alpha value is -1.35. The van der Waals surface area contributed by atoms with Crippen molar-refractivity contribution in [3.05, 3.63) is 29.3 Å². The Morgan fingerprint density at radius 1 is 1.11 bits per heavy atom.